The van der Waals surface area contributed by atoms with E-state index in [0.717, 1.165) is 16.7 Å². The van der Waals surface area contributed by atoms with Crippen LogP contribution in [0.3, 0.4) is 0 Å². The van der Waals surface area contributed by atoms with Gasteiger partial charge in [-0.15, -0.1) is 0 Å². The van der Waals surface area contributed by atoms with Crippen molar-refractivity contribution in [3.63, 3.8) is 0 Å². The molecule has 0 bridgehead atoms. The van der Waals surface area contributed by atoms with Crippen LogP contribution in [0.15, 0.2) is 41.3 Å². The van der Waals surface area contributed by atoms with Gasteiger partial charge in [-0.05, 0) is 42.5 Å². The van der Waals surface area contributed by atoms with Crippen LogP contribution < -0.4 is 10.3 Å². The third kappa shape index (κ3) is 2.98. The highest BCUT2D eigenvalue weighted by Gasteiger charge is 2.31. The zero-order valence-corrected chi connectivity index (χ0v) is 13.1. The quantitative estimate of drug-likeness (QED) is 0.891. The second kappa shape index (κ2) is 5.70. The molecule has 0 fully saturated rings. The lowest BCUT2D eigenvalue weighted by molar-refractivity contribution is 0.565. The summed E-state index contributed by atoms with van der Waals surface area (Å²) in [5.41, 5.74) is 3.24. The number of benzene rings is 1. The number of aromatic amines is 1. The van der Waals surface area contributed by atoms with Gasteiger partial charge in [0.25, 0.3) is 5.56 Å². The van der Waals surface area contributed by atoms with E-state index in [1.54, 1.807) is 12.3 Å². The molecule has 2 N–H and O–H groups in total. The molecule has 0 spiro atoms. The van der Waals surface area contributed by atoms with E-state index in [1.165, 1.54) is 0 Å². The van der Waals surface area contributed by atoms with Crippen molar-refractivity contribution in [3.8, 4) is 0 Å². The maximum Gasteiger partial charge on any atom is 0.252 e. The Labute approximate surface area is 129 Å². The van der Waals surface area contributed by atoms with E-state index in [2.05, 4.69) is 9.71 Å². The SMILES string of the molecule is Cc1c[nH]c(=O)c(CNS(=O)(=O)C2Cc3ccccc3C2)c1. The molecule has 0 amide bonds. The summed E-state index contributed by atoms with van der Waals surface area (Å²) < 4.78 is 27.5. The average Bonchev–Trinajstić information content (AvgIpc) is 2.93. The van der Waals surface area contributed by atoms with Crippen LogP contribution >= 0.6 is 0 Å². The Kier molecular flexibility index (Phi) is 3.88. The molecule has 1 aromatic carbocycles. The standard InChI is InChI=1S/C16H18N2O3S/c1-11-6-14(16(19)17-9-11)10-18-22(20,21)15-7-12-4-2-3-5-13(12)8-15/h2-6,9,15,18H,7-8,10H2,1H3,(H,17,19). The summed E-state index contributed by atoms with van der Waals surface area (Å²) in [5, 5.41) is -0.464. The van der Waals surface area contributed by atoms with E-state index in [0.29, 0.717) is 18.4 Å². The second-order valence-electron chi connectivity index (χ2n) is 5.70. The van der Waals surface area contributed by atoms with Gasteiger partial charge in [-0.2, -0.15) is 0 Å². The van der Waals surface area contributed by atoms with Crippen LogP contribution in [0.5, 0.6) is 0 Å². The number of hydrogen-bond acceptors (Lipinski definition) is 3. The molecule has 1 aliphatic carbocycles. The van der Waals surface area contributed by atoms with Gasteiger partial charge in [0, 0.05) is 18.3 Å². The smallest absolute Gasteiger partial charge is 0.252 e. The number of sulfonamides is 1. The normalized spacial score (nSPS) is 15.0. The third-order valence-corrected chi connectivity index (χ3v) is 5.80. The summed E-state index contributed by atoms with van der Waals surface area (Å²) in [6, 6.07) is 9.48. The first-order valence-electron chi connectivity index (χ1n) is 7.19. The first-order valence-corrected chi connectivity index (χ1v) is 8.74. The monoisotopic (exact) mass is 318 g/mol. The summed E-state index contributed by atoms with van der Waals surface area (Å²) >= 11 is 0. The number of fused-ring (bicyclic) bond motifs is 1. The minimum Gasteiger partial charge on any atom is -0.329 e. The van der Waals surface area contributed by atoms with Crippen LogP contribution in [0.1, 0.15) is 22.3 Å². The Hall–Kier alpha value is -1.92. The van der Waals surface area contributed by atoms with E-state index in [9.17, 15) is 13.2 Å². The van der Waals surface area contributed by atoms with Crippen LogP contribution in [0.4, 0.5) is 0 Å². The molecule has 0 unspecified atom stereocenters. The van der Waals surface area contributed by atoms with Gasteiger partial charge in [-0.1, -0.05) is 24.3 Å². The molecule has 1 aromatic heterocycles. The summed E-state index contributed by atoms with van der Waals surface area (Å²) in [6.07, 6.45) is 2.65. The van der Waals surface area contributed by atoms with E-state index in [4.69, 9.17) is 0 Å². The van der Waals surface area contributed by atoms with Crippen molar-refractivity contribution in [3.05, 3.63) is 69.1 Å². The molecule has 1 aliphatic rings. The van der Waals surface area contributed by atoms with Gasteiger partial charge in [0.2, 0.25) is 10.0 Å². The predicted molar refractivity (Wildman–Crippen MR) is 85.2 cm³/mol. The van der Waals surface area contributed by atoms with Crippen molar-refractivity contribution in [2.24, 2.45) is 0 Å². The number of hydrogen-bond donors (Lipinski definition) is 2. The lowest BCUT2D eigenvalue weighted by atomic mass is 10.1. The Balaban J connectivity index is 1.73. The van der Waals surface area contributed by atoms with E-state index in [-0.39, 0.29) is 12.1 Å². The number of nitrogens with one attached hydrogen (secondary N) is 2. The zero-order valence-electron chi connectivity index (χ0n) is 12.3. The Bertz CT molecular complexity index is 831. The summed E-state index contributed by atoms with van der Waals surface area (Å²) in [6.45, 7) is 1.87. The lowest BCUT2D eigenvalue weighted by Gasteiger charge is -2.12. The molecule has 22 heavy (non-hydrogen) atoms. The van der Waals surface area contributed by atoms with Crippen LogP contribution in [0.25, 0.3) is 0 Å². The van der Waals surface area contributed by atoms with Crippen molar-refractivity contribution in [2.45, 2.75) is 31.6 Å². The number of rotatable bonds is 4. The molecule has 0 aliphatic heterocycles. The first-order chi connectivity index (χ1) is 10.5. The molecule has 6 heteroatoms. The molecule has 0 radical (unpaired) electrons. The molecule has 116 valence electrons. The van der Waals surface area contributed by atoms with E-state index in [1.807, 2.05) is 31.2 Å². The van der Waals surface area contributed by atoms with Crippen LogP contribution in [-0.2, 0) is 29.4 Å². The molecule has 1 heterocycles. The fourth-order valence-corrected chi connectivity index (χ4v) is 4.21. The number of aromatic nitrogens is 1. The third-order valence-electron chi connectivity index (χ3n) is 4.04. The van der Waals surface area contributed by atoms with Crippen molar-refractivity contribution in [1.82, 2.24) is 9.71 Å². The van der Waals surface area contributed by atoms with Crippen LogP contribution in [0.2, 0.25) is 0 Å². The second-order valence-corrected chi connectivity index (χ2v) is 7.74. The molecule has 0 saturated heterocycles. The number of pyridine rings is 1. The number of H-pyrrole nitrogens is 1. The number of aryl methyl sites for hydroxylation is 1. The van der Waals surface area contributed by atoms with Crippen molar-refractivity contribution in [2.75, 3.05) is 0 Å². The lowest BCUT2D eigenvalue weighted by Crippen LogP contribution is -2.35. The van der Waals surface area contributed by atoms with E-state index < -0.39 is 15.3 Å². The van der Waals surface area contributed by atoms with Crippen molar-refractivity contribution < 1.29 is 8.42 Å². The molecule has 3 rings (SSSR count). The predicted octanol–water partition coefficient (Wildman–Crippen LogP) is 1.27. The van der Waals surface area contributed by atoms with Crippen LogP contribution in [-0.4, -0.2) is 18.7 Å². The average molecular weight is 318 g/mol. The topological polar surface area (TPSA) is 79.0 Å². The van der Waals surface area contributed by atoms with Gasteiger partial charge in [0.1, 0.15) is 0 Å². The highest BCUT2D eigenvalue weighted by Crippen LogP contribution is 2.25. The van der Waals surface area contributed by atoms with Crippen molar-refractivity contribution in [1.29, 1.82) is 0 Å². The largest absolute Gasteiger partial charge is 0.329 e. The Morgan fingerprint density at radius 3 is 2.50 bits per heavy atom. The highest BCUT2D eigenvalue weighted by atomic mass is 32.2. The van der Waals surface area contributed by atoms with Gasteiger partial charge >= 0.3 is 0 Å². The summed E-state index contributed by atoms with van der Waals surface area (Å²) in [7, 11) is -3.46. The van der Waals surface area contributed by atoms with Gasteiger partial charge in [0.15, 0.2) is 0 Å². The molecular formula is C16H18N2O3S. The van der Waals surface area contributed by atoms with Gasteiger partial charge in [0.05, 0.1) is 5.25 Å². The summed E-state index contributed by atoms with van der Waals surface area (Å²) in [4.78, 5) is 14.3. The van der Waals surface area contributed by atoms with Gasteiger partial charge in [-0.3, -0.25) is 4.79 Å². The summed E-state index contributed by atoms with van der Waals surface area (Å²) in [5.74, 6) is 0. The van der Waals surface area contributed by atoms with E-state index >= 15 is 0 Å². The fraction of sp³-hybridized carbons (Fsp3) is 0.312. The maximum atomic E-state index is 12.4. The molecule has 0 atom stereocenters. The molecular weight excluding hydrogens is 300 g/mol. The fourth-order valence-electron chi connectivity index (χ4n) is 2.82. The highest BCUT2D eigenvalue weighted by molar-refractivity contribution is 7.90. The Morgan fingerprint density at radius 2 is 1.86 bits per heavy atom. The minimum atomic E-state index is -3.46. The van der Waals surface area contributed by atoms with Gasteiger partial charge in [-0.25, -0.2) is 13.1 Å². The van der Waals surface area contributed by atoms with Gasteiger partial charge < -0.3 is 4.98 Å². The molecule has 2 aromatic rings. The zero-order chi connectivity index (χ0) is 15.7. The Morgan fingerprint density at radius 1 is 1.23 bits per heavy atom. The van der Waals surface area contributed by atoms with Crippen LogP contribution in [0, 0.1) is 6.92 Å². The van der Waals surface area contributed by atoms with Crippen molar-refractivity contribution >= 4 is 10.0 Å². The maximum absolute atomic E-state index is 12.4. The minimum absolute atomic E-state index is 0.0200. The molecule has 5 nitrogen and oxygen atoms in total. The molecule has 0 saturated carbocycles. The first kappa shape index (κ1) is 15.0.